The van der Waals surface area contributed by atoms with Crippen molar-refractivity contribution in [3.05, 3.63) is 12.2 Å². The van der Waals surface area contributed by atoms with E-state index in [0.717, 1.165) is 25.2 Å². The quantitative estimate of drug-likeness (QED) is 0.803. The molecule has 1 aromatic heterocycles. The predicted octanol–water partition coefficient (Wildman–Crippen LogP) is 1.60. The standard InChI is InChI=1S/C11H22N4/c1-9(2)7-15-8-13-14-10(15)5-6-11(3,4)12/h8-9H,5-7,12H2,1-4H3. The second-order valence-electron chi connectivity index (χ2n) is 5.28. The van der Waals surface area contributed by atoms with Gasteiger partial charge in [-0.15, -0.1) is 10.2 Å². The van der Waals surface area contributed by atoms with Gasteiger partial charge < -0.3 is 10.3 Å². The van der Waals surface area contributed by atoms with Crippen LogP contribution in [0.5, 0.6) is 0 Å². The summed E-state index contributed by atoms with van der Waals surface area (Å²) in [6.45, 7) is 9.44. The van der Waals surface area contributed by atoms with Crippen LogP contribution >= 0.6 is 0 Å². The van der Waals surface area contributed by atoms with E-state index in [1.807, 2.05) is 13.8 Å². The Labute approximate surface area is 91.9 Å². The Kier molecular flexibility index (Phi) is 3.85. The summed E-state index contributed by atoms with van der Waals surface area (Å²) >= 11 is 0. The minimum Gasteiger partial charge on any atom is -0.326 e. The molecule has 4 heteroatoms. The van der Waals surface area contributed by atoms with Gasteiger partial charge >= 0.3 is 0 Å². The number of aryl methyl sites for hydroxylation is 1. The summed E-state index contributed by atoms with van der Waals surface area (Å²) in [6.07, 6.45) is 3.64. The van der Waals surface area contributed by atoms with Crippen molar-refractivity contribution in [3.8, 4) is 0 Å². The molecule has 15 heavy (non-hydrogen) atoms. The predicted molar refractivity (Wildman–Crippen MR) is 61.4 cm³/mol. The van der Waals surface area contributed by atoms with Crippen molar-refractivity contribution in [2.75, 3.05) is 0 Å². The Hall–Kier alpha value is -0.900. The van der Waals surface area contributed by atoms with E-state index < -0.39 is 0 Å². The van der Waals surface area contributed by atoms with Gasteiger partial charge in [0, 0.05) is 18.5 Å². The average molecular weight is 210 g/mol. The molecule has 0 aliphatic heterocycles. The SMILES string of the molecule is CC(C)Cn1cnnc1CCC(C)(C)N. The number of rotatable bonds is 5. The number of nitrogens with zero attached hydrogens (tertiary/aromatic N) is 3. The molecule has 1 aromatic rings. The molecule has 0 radical (unpaired) electrons. The van der Waals surface area contributed by atoms with Gasteiger partial charge in [-0.1, -0.05) is 13.8 Å². The average Bonchev–Trinajstić information content (AvgIpc) is 2.46. The van der Waals surface area contributed by atoms with Gasteiger partial charge in [-0.3, -0.25) is 0 Å². The highest BCUT2D eigenvalue weighted by molar-refractivity contribution is 4.89. The fourth-order valence-electron chi connectivity index (χ4n) is 1.45. The molecule has 0 atom stereocenters. The van der Waals surface area contributed by atoms with E-state index in [-0.39, 0.29) is 5.54 Å². The summed E-state index contributed by atoms with van der Waals surface area (Å²) in [4.78, 5) is 0. The molecule has 0 bridgehead atoms. The normalized spacial score (nSPS) is 12.4. The molecular weight excluding hydrogens is 188 g/mol. The van der Waals surface area contributed by atoms with E-state index in [1.165, 1.54) is 0 Å². The molecule has 0 amide bonds. The summed E-state index contributed by atoms with van der Waals surface area (Å²) in [5, 5.41) is 8.08. The first-order chi connectivity index (χ1) is 6.88. The van der Waals surface area contributed by atoms with Gasteiger partial charge in [0.2, 0.25) is 0 Å². The van der Waals surface area contributed by atoms with E-state index >= 15 is 0 Å². The van der Waals surface area contributed by atoms with Gasteiger partial charge in [0.25, 0.3) is 0 Å². The summed E-state index contributed by atoms with van der Waals surface area (Å²) in [5.41, 5.74) is 5.82. The van der Waals surface area contributed by atoms with Crippen LogP contribution < -0.4 is 5.73 Å². The molecule has 4 nitrogen and oxygen atoms in total. The van der Waals surface area contributed by atoms with Gasteiger partial charge in [-0.25, -0.2) is 0 Å². The van der Waals surface area contributed by atoms with Crippen LogP contribution in [0.15, 0.2) is 6.33 Å². The van der Waals surface area contributed by atoms with Crippen LogP contribution in [-0.2, 0) is 13.0 Å². The van der Waals surface area contributed by atoms with Crippen LogP contribution in [0, 0.1) is 5.92 Å². The molecule has 0 saturated heterocycles. The fourth-order valence-corrected chi connectivity index (χ4v) is 1.45. The Morgan fingerprint density at radius 2 is 2.13 bits per heavy atom. The Bertz CT molecular complexity index is 296. The largest absolute Gasteiger partial charge is 0.326 e. The van der Waals surface area contributed by atoms with E-state index in [4.69, 9.17) is 5.73 Å². The van der Waals surface area contributed by atoms with E-state index in [0.29, 0.717) is 5.92 Å². The smallest absolute Gasteiger partial charge is 0.132 e. The molecule has 2 N–H and O–H groups in total. The minimum absolute atomic E-state index is 0.130. The highest BCUT2D eigenvalue weighted by Crippen LogP contribution is 2.10. The number of hydrogen-bond donors (Lipinski definition) is 1. The summed E-state index contributed by atoms with van der Waals surface area (Å²) < 4.78 is 2.12. The topological polar surface area (TPSA) is 56.7 Å². The zero-order valence-corrected chi connectivity index (χ0v) is 10.2. The molecule has 0 aromatic carbocycles. The van der Waals surface area contributed by atoms with Crippen LogP contribution in [0.3, 0.4) is 0 Å². The monoisotopic (exact) mass is 210 g/mol. The van der Waals surface area contributed by atoms with Crippen molar-refractivity contribution in [1.29, 1.82) is 0 Å². The molecule has 0 aliphatic carbocycles. The number of hydrogen-bond acceptors (Lipinski definition) is 3. The van der Waals surface area contributed by atoms with Crippen LogP contribution in [0.2, 0.25) is 0 Å². The van der Waals surface area contributed by atoms with Crippen LogP contribution in [0.4, 0.5) is 0 Å². The lowest BCUT2D eigenvalue weighted by Crippen LogP contribution is -2.32. The van der Waals surface area contributed by atoms with E-state index in [1.54, 1.807) is 6.33 Å². The second kappa shape index (κ2) is 4.75. The van der Waals surface area contributed by atoms with Gasteiger partial charge in [0.15, 0.2) is 0 Å². The molecular formula is C11H22N4. The minimum atomic E-state index is -0.130. The van der Waals surface area contributed by atoms with E-state index in [2.05, 4.69) is 28.6 Å². The van der Waals surface area contributed by atoms with Gasteiger partial charge in [-0.2, -0.15) is 0 Å². The summed E-state index contributed by atoms with van der Waals surface area (Å²) in [7, 11) is 0. The zero-order chi connectivity index (χ0) is 11.5. The Morgan fingerprint density at radius 1 is 1.47 bits per heavy atom. The van der Waals surface area contributed by atoms with Crippen LogP contribution in [-0.4, -0.2) is 20.3 Å². The van der Waals surface area contributed by atoms with Crippen molar-refractivity contribution >= 4 is 0 Å². The lowest BCUT2D eigenvalue weighted by atomic mass is 10.00. The third-order valence-electron chi connectivity index (χ3n) is 2.25. The molecule has 0 unspecified atom stereocenters. The highest BCUT2D eigenvalue weighted by atomic mass is 15.3. The first kappa shape index (κ1) is 12.2. The molecule has 0 aliphatic rings. The molecule has 0 fully saturated rings. The first-order valence-corrected chi connectivity index (χ1v) is 5.54. The lowest BCUT2D eigenvalue weighted by Gasteiger charge is -2.18. The summed E-state index contributed by atoms with van der Waals surface area (Å²) in [6, 6.07) is 0. The number of aromatic nitrogens is 3. The maximum absolute atomic E-state index is 5.95. The molecule has 0 saturated carbocycles. The van der Waals surface area contributed by atoms with Crippen LogP contribution in [0.1, 0.15) is 39.9 Å². The third kappa shape index (κ3) is 4.42. The third-order valence-corrected chi connectivity index (χ3v) is 2.25. The maximum atomic E-state index is 5.95. The fraction of sp³-hybridized carbons (Fsp3) is 0.818. The van der Waals surface area contributed by atoms with Crippen molar-refractivity contribution in [2.24, 2.45) is 11.7 Å². The first-order valence-electron chi connectivity index (χ1n) is 5.54. The van der Waals surface area contributed by atoms with Gasteiger partial charge in [0.05, 0.1) is 0 Å². The highest BCUT2D eigenvalue weighted by Gasteiger charge is 2.13. The molecule has 0 spiro atoms. The summed E-state index contributed by atoms with van der Waals surface area (Å²) in [5.74, 6) is 1.66. The zero-order valence-electron chi connectivity index (χ0n) is 10.2. The maximum Gasteiger partial charge on any atom is 0.132 e. The van der Waals surface area contributed by atoms with E-state index in [9.17, 15) is 0 Å². The lowest BCUT2D eigenvalue weighted by molar-refractivity contribution is 0.451. The van der Waals surface area contributed by atoms with Crippen molar-refractivity contribution in [1.82, 2.24) is 14.8 Å². The van der Waals surface area contributed by atoms with Crippen molar-refractivity contribution < 1.29 is 0 Å². The van der Waals surface area contributed by atoms with Gasteiger partial charge in [0.1, 0.15) is 12.2 Å². The second-order valence-corrected chi connectivity index (χ2v) is 5.28. The molecule has 86 valence electrons. The Morgan fingerprint density at radius 3 is 2.67 bits per heavy atom. The van der Waals surface area contributed by atoms with Gasteiger partial charge in [-0.05, 0) is 26.2 Å². The Balaban J connectivity index is 2.57. The van der Waals surface area contributed by atoms with Crippen molar-refractivity contribution in [3.63, 3.8) is 0 Å². The molecule has 1 heterocycles. The number of nitrogens with two attached hydrogens (primary N) is 1. The van der Waals surface area contributed by atoms with Crippen LogP contribution in [0.25, 0.3) is 0 Å². The van der Waals surface area contributed by atoms with Crippen molar-refractivity contribution in [2.45, 2.75) is 52.6 Å². The molecule has 1 rings (SSSR count).